The van der Waals surface area contributed by atoms with Gasteiger partial charge in [0.1, 0.15) is 11.6 Å². The van der Waals surface area contributed by atoms with Gasteiger partial charge in [-0.1, -0.05) is 6.92 Å². The molecule has 1 heterocycles. The molecule has 1 saturated heterocycles. The summed E-state index contributed by atoms with van der Waals surface area (Å²) in [6, 6.07) is 3.18. The highest BCUT2D eigenvalue weighted by Crippen LogP contribution is 2.32. The van der Waals surface area contributed by atoms with Gasteiger partial charge in [-0.15, -0.1) is 0 Å². The molecule has 0 bridgehead atoms. The maximum absolute atomic E-state index is 13.2. The molecule has 2 rings (SSSR count). The van der Waals surface area contributed by atoms with Gasteiger partial charge in [-0.3, -0.25) is 0 Å². The molecule has 0 atom stereocenters. The number of halogens is 2. The number of nitrogens with two attached hydrogens (primary N) is 1. The van der Waals surface area contributed by atoms with Crippen molar-refractivity contribution in [3.63, 3.8) is 0 Å². The smallest absolute Gasteiger partial charge is 0.207 e. The molecule has 17 heavy (non-hydrogen) atoms. The van der Waals surface area contributed by atoms with Crippen molar-refractivity contribution in [2.24, 2.45) is 11.7 Å². The first-order chi connectivity index (χ1) is 8.05. The zero-order valence-electron chi connectivity index (χ0n) is 9.58. The molecule has 1 aliphatic heterocycles. The lowest BCUT2D eigenvalue weighted by Gasteiger charge is -2.38. The minimum atomic E-state index is -1.23. The summed E-state index contributed by atoms with van der Waals surface area (Å²) < 4.78 is 37.4. The second-order valence-corrected chi connectivity index (χ2v) is 4.34. The number of ether oxygens (including phenoxy) is 2. The molecular formula is C12H15F2NO2. The molecule has 2 N–H and O–H groups in total. The summed E-state index contributed by atoms with van der Waals surface area (Å²) in [7, 11) is 0. The molecule has 0 amide bonds. The minimum Gasteiger partial charge on any atom is -0.344 e. The van der Waals surface area contributed by atoms with Crippen LogP contribution in [0.4, 0.5) is 8.78 Å². The topological polar surface area (TPSA) is 44.5 Å². The Labute approximate surface area is 98.5 Å². The van der Waals surface area contributed by atoms with Gasteiger partial charge in [0.05, 0.1) is 19.8 Å². The van der Waals surface area contributed by atoms with Crippen LogP contribution in [-0.4, -0.2) is 19.8 Å². The van der Waals surface area contributed by atoms with Gasteiger partial charge >= 0.3 is 0 Å². The van der Waals surface area contributed by atoms with Crippen molar-refractivity contribution in [1.82, 2.24) is 0 Å². The van der Waals surface area contributed by atoms with Gasteiger partial charge < -0.3 is 15.2 Å². The quantitative estimate of drug-likeness (QED) is 0.860. The zero-order chi connectivity index (χ0) is 12.5. The van der Waals surface area contributed by atoms with Crippen LogP contribution in [-0.2, 0) is 15.3 Å². The summed E-state index contributed by atoms with van der Waals surface area (Å²) in [5, 5.41) is 0. The van der Waals surface area contributed by atoms with Crippen LogP contribution in [0.3, 0.4) is 0 Å². The van der Waals surface area contributed by atoms with Gasteiger partial charge in [-0.05, 0) is 12.1 Å². The van der Waals surface area contributed by atoms with Gasteiger partial charge in [0, 0.05) is 17.5 Å². The van der Waals surface area contributed by atoms with Crippen LogP contribution in [0.1, 0.15) is 12.5 Å². The normalized spacial score (nSPS) is 29.3. The van der Waals surface area contributed by atoms with E-state index in [0.717, 1.165) is 6.07 Å². The molecule has 0 spiro atoms. The lowest BCUT2D eigenvalue weighted by Crippen LogP contribution is -2.46. The molecule has 1 aliphatic rings. The van der Waals surface area contributed by atoms with Gasteiger partial charge in [0.2, 0.25) is 5.79 Å². The predicted molar refractivity (Wildman–Crippen MR) is 58.2 cm³/mol. The number of hydrogen-bond acceptors (Lipinski definition) is 3. The van der Waals surface area contributed by atoms with Crippen LogP contribution < -0.4 is 5.73 Å². The molecule has 5 heteroatoms. The largest absolute Gasteiger partial charge is 0.344 e. The molecule has 0 saturated carbocycles. The van der Waals surface area contributed by atoms with E-state index in [1.54, 1.807) is 0 Å². The Bertz CT molecular complexity index is 383. The van der Waals surface area contributed by atoms with Crippen molar-refractivity contribution in [2.45, 2.75) is 12.7 Å². The molecule has 1 aromatic rings. The third kappa shape index (κ3) is 2.46. The summed E-state index contributed by atoms with van der Waals surface area (Å²) in [5.41, 5.74) is 5.90. The van der Waals surface area contributed by atoms with Crippen LogP contribution in [0, 0.1) is 17.6 Å². The standard InChI is InChI=1S/C12H15F2NO2/c1-8-5-16-12(7-15,17-6-8)9-2-10(13)4-11(14)3-9/h2-4,8H,5-7,15H2,1H3. The van der Waals surface area contributed by atoms with Crippen molar-refractivity contribution >= 4 is 0 Å². The highest BCUT2D eigenvalue weighted by atomic mass is 19.1. The van der Waals surface area contributed by atoms with E-state index in [1.807, 2.05) is 6.92 Å². The van der Waals surface area contributed by atoms with Crippen molar-refractivity contribution in [1.29, 1.82) is 0 Å². The van der Waals surface area contributed by atoms with Crippen LogP contribution in [0.25, 0.3) is 0 Å². The first-order valence-electron chi connectivity index (χ1n) is 5.50. The van der Waals surface area contributed by atoms with Crippen molar-refractivity contribution in [3.05, 3.63) is 35.4 Å². The summed E-state index contributed by atoms with van der Waals surface area (Å²) in [6.45, 7) is 2.89. The highest BCUT2D eigenvalue weighted by Gasteiger charge is 2.38. The van der Waals surface area contributed by atoms with E-state index in [0.29, 0.717) is 13.2 Å². The van der Waals surface area contributed by atoms with E-state index >= 15 is 0 Å². The Morgan fingerprint density at radius 3 is 2.24 bits per heavy atom. The molecule has 1 aromatic carbocycles. The molecule has 94 valence electrons. The average molecular weight is 243 g/mol. The summed E-state index contributed by atoms with van der Waals surface area (Å²) in [4.78, 5) is 0. The predicted octanol–water partition coefficient (Wildman–Crippen LogP) is 1.76. The minimum absolute atomic E-state index is 0.0165. The van der Waals surface area contributed by atoms with Crippen molar-refractivity contribution in [3.8, 4) is 0 Å². The van der Waals surface area contributed by atoms with E-state index in [2.05, 4.69) is 0 Å². The summed E-state index contributed by atoms with van der Waals surface area (Å²) in [6.07, 6.45) is 0. The third-order valence-electron chi connectivity index (χ3n) is 2.77. The Morgan fingerprint density at radius 2 is 1.76 bits per heavy atom. The first kappa shape index (κ1) is 12.4. The third-order valence-corrected chi connectivity index (χ3v) is 2.77. The van der Waals surface area contributed by atoms with E-state index < -0.39 is 17.4 Å². The average Bonchev–Trinajstić information content (AvgIpc) is 2.29. The fraction of sp³-hybridized carbons (Fsp3) is 0.500. The lowest BCUT2D eigenvalue weighted by molar-refractivity contribution is -0.284. The molecule has 0 aliphatic carbocycles. The van der Waals surface area contributed by atoms with Crippen LogP contribution in [0.15, 0.2) is 18.2 Å². The van der Waals surface area contributed by atoms with Gasteiger partial charge in [-0.25, -0.2) is 8.78 Å². The molecule has 1 fully saturated rings. The molecule has 3 nitrogen and oxygen atoms in total. The summed E-state index contributed by atoms with van der Waals surface area (Å²) in [5.74, 6) is -2.32. The Balaban J connectivity index is 2.34. The van der Waals surface area contributed by atoms with Gasteiger partial charge in [0.15, 0.2) is 0 Å². The molecule has 0 unspecified atom stereocenters. The van der Waals surface area contributed by atoms with Crippen LogP contribution in [0.5, 0.6) is 0 Å². The Morgan fingerprint density at radius 1 is 1.24 bits per heavy atom. The van der Waals surface area contributed by atoms with E-state index in [4.69, 9.17) is 15.2 Å². The first-order valence-corrected chi connectivity index (χ1v) is 5.50. The number of hydrogen-bond donors (Lipinski definition) is 1. The second-order valence-electron chi connectivity index (χ2n) is 4.34. The second kappa shape index (κ2) is 4.68. The molecule has 0 radical (unpaired) electrons. The molecule has 0 aromatic heterocycles. The number of benzene rings is 1. The van der Waals surface area contributed by atoms with Crippen molar-refractivity contribution < 1.29 is 18.3 Å². The zero-order valence-corrected chi connectivity index (χ0v) is 9.58. The fourth-order valence-electron chi connectivity index (χ4n) is 1.82. The number of rotatable bonds is 2. The summed E-state index contributed by atoms with van der Waals surface area (Å²) >= 11 is 0. The van der Waals surface area contributed by atoms with Crippen molar-refractivity contribution in [2.75, 3.05) is 19.8 Å². The fourth-order valence-corrected chi connectivity index (χ4v) is 1.82. The lowest BCUT2D eigenvalue weighted by atomic mass is 10.0. The van der Waals surface area contributed by atoms with E-state index in [9.17, 15) is 8.78 Å². The SMILES string of the molecule is CC1COC(CN)(c2cc(F)cc(F)c2)OC1. The van der Waals surface area contributed by atoms with Crippen LogP contribution >= 0.6 is 0 Å². The van der Waals surface area contributed by atoms with Gasteiger partial charge in [0.25, 0.3) is 0 Å². The Hall–Kier alpha value is -1.04. The van der Waals surface area contributed by atoms with E-state index in [1.165, 1.54) is 12.1 Å². The van der Waals surface area contributed by atoms with Crippen LogP contribution in [0.2, 0.25) is 0 Å². The highest BCUT2D eigenvalue weighted by molar-refractivity contribution is 5.23. The molecular weight excluding hydrogens is 228 g/mol. The monoisotopic (exact) mass is 243 g/mol. The maximum atomic E-state index is 13.2. The maximum Gasteiger partial charge on any atom is 0.207 e. The Kier molecular flexibility index (Phi) is 3.42. The van der Waals surface area contributed by atoms with E-state index in [-0.39, 0.29) is 18.0 Å². The van der Waals surface area contributed by atoms with Gasteiger partial charge in [-0.2, -0.15) is 0 Å².